The van der Waals surface area contributed by atoms with Gasteiger partial charge in [0.15, 0.2) is 0 Å². The van der Waals surface area contributed by atoms with Crippen molar-refractivity contribution in [3.63, 3.8) is 0 Å². The van der Waals surface area contributed by atoms with Crippen LogP contribution in [0.2, 0.25) is 0 Å². The molecule has 0 saturated carbocycles. The van der Waals surface area contributed by atoms with Gasteiger partial charge < -0.3 is 15.2 Å². The van der Waals surface area contributed by atoms with E-state index in [4.69, 9.17) is 4.74 Å². The Bertz CT molecular complexity index is 2170. The van der Waals surface area contributed by atoms with Crippen LogP contribution >= 0.6 is 0 Å². The Morgan fingerprint density at radius 1 is 1.02 bits per heavy atom. The number of benzene rings is 3. The monoisotopic (exact) mass is 612 g/mol. The van der Waals surface area contributed by atoms with Crippen LogP contribution in [0.3, 0.4) is 0 Å². The number of fused-ring (bicyclic) bond motifs is 7. The summed E-state index contributed by atoms with van der Waals surface area (Å²) < 4.78 is 39.4. The van der Waals surface area contributed by atoms with E-state index in [1.807, 2.05) is 13.0 Å². The first-order chi connectivity index (χ1) is 21.5. The zero-order valence-corrected chi connectivity index (χ0v) is 24.3. The molecule has 0 fully saturated rings. The van der Waals surface area contributed by atoms with Gasteiger partial charge in [-0.05, 0) is 73.0 Å². The molecule has 0 saturated heterocycles. The van der Waals surface area contributed by atoms with Crippen LogP contribution in [0.1, 0.15) is 40.8 Å². The Labute approximate surface area is 254 Å². The molecule has 4 bridgehead atoms. The Morgan fingerprint density at radius 3 is 2.56 bits per heavy atom. The van der Waals surface area contributed by atoms with E-state index < -0.39 is 58.8 Å². The minimum Gasteiger partial charge on any atom is -0.481 e. The molecule has 1 aliphatic heterocycles. The Balaban J connectivity index is 1.70. The third kappa shape index (κ3) is 5.03. The average Bonchev–Trinajstić information content (AvgIpc) is 3.00. The Hall–Kier alpha value is -5.65. The van der Waals surface area contributed by atoms with Gasteiger partial charge in [-0.1, -0.05) is 12.1 Å². The Kier molecular flexibility index (Phi) is 7.27. The van der Waals surface area contributed by atoms with Gasteiger partial charge in [0, 0.05) is 29.9 Å². The van der Waals surface area contributed by atoms with E-state index in [0.717, 1.165) is 16.2 Å². The van der Waals surface area contributed by atoms with Crippen molar-refractivity contribution in [1.29, 1.82) is 0 Å². The maximum absolute atomic E-state index is 15.8. The number of aromatic nitrogens is 3. The van der Waals surface area contributed by atoms with Gasteiger partial charge in [-0.2, -0.15) is 0 Å². The highest BCUT2D eigenvalue weighted by Gasteiger charge is 2.34. The summed E-state index contributed by atoms with van der Waals surface area (Å²) in [7, 11) is 1.37. The molecular weight excluding hydrogens is 586 g/mol. The number of aliphatic carboxylic acids is 1. The lowest BCUT2D eigenvalue weighted by Crippen LogP contribution is -2.48. The van der Waals surface area contributed by atoms with Gasteiger partial charge in [0.2, 0.25) is 5.91 Å². The number of nitrogens with zero attached hydrogens (tertiary/aromatic N) is 3. The Morgan fingerprint density at radius 2 is 1.80 bits per heavy atom. The normalized spacial score (nSPS) is 16.1. The second-order valence-electron chi connectivity index (χ2n) is 10.9. The molecule has 6 rings (SSSR count). The van der Waals surface area contributed by atoms with Crippen LogP contribution in [-0.4, -0.2) is 31.1 Å². The van der Waals surface area contributed by atoms with E-state index in [-0.39, 0.29) is 27.8 Å². The highest BCUT2D eigenvalue weighted by atomic mass is 19.1. The van der Waals surface area contributed by atoms with Gasteiger partial charge in [-0.15, -0.1) is 0 Å². The summed E-state index contributed by atoms with van der Waals surface area (Å²) in [5.41, 5.74) is -0.261. The second-order valence-corrected chi connectivity index (χ2v) is 10.9. The van der Waals surface area contributed by atoms with E-state index in [9.17, 15) is 24.3 Å². The predicted octanol–water partition coefficient (Wildman–Crippen LogP) is 4.68. The van der Waals surface area contributed by atoms with Crippen molar-refractivity contribution in [2.75, 3.05) is 0 Å². The summed E-state index contributed by atoms with van der Waals surface area (Å²) >= 11 is 0. The fourth-order valence-electron chi connectivity index (χ4n) is 5.82. The zero-order chi connectivity index (χ0) is 32.2. The molecule has 2 aromatic heterocycles. The number of carbonyl (C=O) groups excluding carboxylic acids is 1. The zero-order valence-electron chi connectivity index (χ0n) is 24.3. The van der Waals surface area contributed by atoms with Crippen molar-refractivity contribution in [2.45, 2.75) is 32.4 Å². The first kappa shape index (κ1) is 29.4. The van der Waals surface area contributed by atoms with Gasteiger partial charge in [0.25, 0.3) is 5.56 Å². The fraction of sp³-hybridized carbons (Fsp3) is 0.182. The van der Waals surface area contributed by atoms with Crippen molar-refractivity contribution >= 4 is 22.8 Å². The summed E-state index contributed by atoms with van der Waals surface area (Å²) in [4.78, 5) is 57.7. The van der Waals surface area contributed by atoms with E-state index >= 15 is 8.78 Å². The minimum absolute atomic E-state index is 0.0245. The van der Waals surface area contributed by atoms with E-state index in [2.05, 4.69) is 10.3 Å². The first-order valence-electron chi connectivity index (χ1n) is 13.9. The summed E-state index contributed by atoms with van der Waals surface area (Å²) in [5.74, 6) is -3.76. The van der Waals surface area contributed by atoms with E-state index in [0.29, 0.717) is 21.4 Å². The molecule has 0 aliphatic carbocycles. The highest BCUT2D eigenvalue weighted by Crippen LogP contribution is 2.40. The number of hydrogen-bond acceptors (Lipinski definition) is 6. The molecule has 1 aliphatic rings. The number of carboxylic acids is 1. The average molecular weight is 613 g/mol. The van der Waals surface area contributed by atoms with Crippen LogP contribution in [-0.2, 0) is 16.6 Å². The molecule has 12 heteroatoms. The lowest BCUT2D eigenvalue weighted by atomic mass is 9.92. The number of aryl methyl sites for hydroxylation is 3. The van der Waals surface area contributed by atoms with Gasteiger partial charge in [0.05, 0.1) is 29.6 Å². The number of pyridine rings is 1. The predicted molar refractivity (Wildman–Crippen MR) is 160 cm³/mol. The van der Waals surface area contributed by atoms with Crippen molar-refractivity contribution in [3.8, 4) is 22.6 Å². The van der Waals surface area contributed by atoms with Gasteiger partial charge >= 0.3 is 11.7 Å². The molecule has 3 heterocycles. The van der Waals surface area contributed by atoms with Crippen molar-refractivity contribution in [1.82, 2.24) is 19.4 Å². The van der Waals surface area contributed by atoms with Crippen LogP contribution in [0.25, 0.3) is 22.0 Å². The molecule has 2 N–H and O–H groups in total. The smallest absolute Gasteiger partial charge is 0.332 e. The number of carboxylic acid groups (broad SMARTS) is 1. The summed E-state index contributed by atoms with van der Waals surface area (Å²) in [6, 6.07) is 9.76. The molecule has 45 heavy (non-hydrogen) atoms. The molecule has 0 spiro atoms. The number of hydrogen-bond donors (Lipinski definition) is 2. The number of nitrogens with one attached hydrogen (secondary N) is 1. The van der Waals surface area contributed by atoms with Crippen molar-refractivity contribution in [3.05, 3.63) is 122 Å². The third-order valence-electron chi connectivity index (χ3n) is 7.98. The van der Waals surface area contributed by atoms with E-state index in [1.165, 1.54) is 50.6 Å². The summed E-state index contributed by atoms with van der Waals surface area (Å²) in [5, 5.41) is 12.3. The summed E-state index contributed by atoms with van der Waals surface area (Å²) in [6.07, 6.45) is 1.88. The number of carbonyl (C=O) groups is 2. The third-order valence-corrected chi connectivity index (χ3v) is 7.98. The number of halogens is 2. The van der Waals surface area contributed by atoms with Crippen LogP contribution in [0.4, 0.5) is 8.78 Å². The highest BCUT2D eigenvalue weighted by molar-refractivity contribution is 5.86. The van der Waals surface area contributed by atoms with E-state index in [1.54, 1.807) is 18.2 Å². The molecule has 2 atom stereocenters. The van der Waals surface area contributed by atoms with Crippen LogP contribution in [0.5, 0.6) is 11.5 Å². The minimum atomic E-state index is -1.95. The number of amides is 1. The topological polar surface area (TPSA) is 133 Å². The lowest BCUT2D eigenvalue weighted by Gasteiger charge is -2.25. The molecule has 1 amide bonds. The maximum Gasteiger partial charge on any atom is 0.332 e. The van der Waals surface area contributed by atoms with Gasteiger partial charge in [0.1, 0.15) is 29.2 Å². The molecule has 0 unspecified atom stereocenters. The van der Waals surface area contributed by atoms with Crippen molar-refractivity contribution in [2.24, 2.45) is 7.05 Å². The van der Waals surface area contributed by atoms with Gasteiger partial charge in [-0.25, -0.2) is 18.1 Å². The number of ether oxygens (including phenoxy) is 1. The second kappa shape index (κ2) is 11.1. The van der Waals surface area contributed by atoms with Crippen molar-refractivity contribution < 1.29 is 28.2 Å². The molecular formula is C33H26F2N4O6. The standard InChI is InChI=1S/C33H26F2N4O6/c1-16-5-4-6-26-28(16)18-11-17(2)29(35)22(12-18)24(14-27(40)41)37-31(42)30(21-13-19(45-26)7-8-23(21)34)39-32(43)20-9-10-36-15-25(20)38(3)33(39)44/h4-13,15,24,30H,14H2,1-3H3,(H,37,42)(H,40,41)/t24-,30-/m1/s1. The van der Waals surface area contributed by atoms with Crippen LogP contribution in [0.15, 0.2) is 76.6 Å². The largest absolute Gasteiger partial charge is 0.481 e. The SMILES string of the molecule is Cc1cc2cc(c1F)[C@@H](CC(=O)O)NC(=O)[C@H](n1c(=O)c3ccncc3n(C)c1=O)c1cc(ccc1F)Oc1cccc(C)c1-2. The first-order valence-corrected chi connectivity index (χ1v) is 13.9. The summed E-state index contributed by atoms with van der Waals surface area (Å²) in [6.45, 7) is 3.33. The maximum atomic E-state index is 15.8. The quantitative estimate of drug-likeness (QED) is 0.302. The lowest BCUT2D eigenvalue weighted by molar-refractivity contribution is -0.137. The van der Waals surface area contributed by atoms with Crippen LogP contribution < -0.4 is 21.3 Å². The molecule has 3 aromatic carbocycles. The molecule has 0 radical (unpaired) electrons. The van der Waals surface area contributed by atoms with Gasteiger partial charge in [-0.3, -0.25) is 23.9 Å². The fourth-order valence-corrected chi connectivity index (χ4v) is 5.82. The molecule has 5 aromatic rings. The number of rotatable bonds is 3. The molecule has 10 nitrogen and oxygen atoms in total. The van der Waals surface area contributed by atoms with Crippen LogP contribution in [0, 0.1) is 25.5 Å². The molecule has 228 valence electrons.